The minimum Gasteiger partial charge on any atom is -0.368 e. The summed E-state index contributed by atoms with van der Waals surface area (Å²) in [5.41, 5.74) is 5.01. The summed E-state index contributed by atoms with van der Waals surface area (Å²) in [7, 11) is 0. The zero-order valence-corrected chi connectivity index (χ0v) is 7.92. The molecule has 0 bridgehead atoms. The van der Waals surface area contributed by atoms with Crippen molar-refractivity contribution in [3.63, 3.8) is 0 Å². The number of halogens is 3. The summed E-state index contributed by atoms with van der Waals surface area (Å²) in [4.78, 5) is 7.00. The van der Waals surface area contributed by atoms with Crippen LogP contribution in [0.1, 0.15) is 0 Å². The second-order valence-corrected chi connectivity index (χ2v) is 3.08. The number of nitrogens with zero attached hydrogens (tertiary/aromatic N) is 2. The van der Waals surface area contributed by atoms with Crippen LogP contribution in [-0.2, 0) is 0 Å². The number of rotatable bonds is 1. The molecule has 2 rings (SSSR count). The maximum absolute atomic E-state index is 13.3. The molecule has 82 valence electrons. The fraction of sp³-hybridized carbons (Fsp3) is 0. The van der Waals surface area contributed by atoms with E-state index in [-0.39, 0.29) is 17.2 Å². The summed E-state index contributed by atoms with van der Waals surface area (Å²) >= 11 is 0. The summed E-state index contributed by atoms with van der Waals surface area (Å²) in [6.45, 7) is 0. The first-order valence-corrected chi connectivity index (χ1v) is 4.31. The molecule has 0 amide bonds. The number of nitrogens with two attached hydrogens (primary N) is 1. The second-order valence-electron chi connectivity index (χ2n) is 3.08. The molecule has 0 spiro atoms. The molecule has 6 heteroatoms. The van der Waals surface area contributed by atoms with Crippen LogP contribution in [0, 0.1) is 17.5 Å². The maximum atomic E-state index is 13.3. The Hall–Kier alpha value is -2.11. The van der Waals surface area contributed by atoms with Crippen molar-refractivity contribution in [1.82, 2.24) is 9.97 Å². The molecule has 1 heterocycles. The topological polar surface area (TPSA) is 51.8 Å². The molecule has 0 atom stereocenters. The summed E-state index contributed by atoms with van der Waals surface area (Å²) < 4.78 is 39.1. The van der Waals surface area contributed by atoms with Crippen molar-refractivity contribution in [1.29, 1.82) is 0 Å². The molecule has 0 aliphatic rings. The lowest BCUT2D eigenvalue weighted by Crippen LogP contribution is -1.99. The molecule has 3 nitrogen and oxygen atoms in total. The SMILES string of the molecule is Nc1ncc(F)c(-c2cc(F)cc(F)c2)n1. The molecule has 0 saturated heterocycles. The van der Waals surface area contributed by atoms with E-state index in [1.165, 1.54) is 0 Å². The van der Waals surface area contributed by atoms with Crippen LogP contribution >= 0.6 is 0 Å². The van der Waals surface area contributed by atoms with Crippen molar-refractivity contribution in [2.45, 2.75) is 0 Å². The smallest absolute Gasteiger partial charge is 0.220 e. The van der Waals surface area contributed by atoms with Gasteiger partial charge in [0.15, 0.2) is 5.82 Å². The van der Waals surface area contributed by atoms with E-state index in [4.69, 9.17) is 5.73 Å². The van der Waals surface area contributed by atoms with Crippen molar-refractivity contribution in [3.8, 4) is 11.3 Å². The number of nitrogen functional groups attached to an aromatic ring is 1. The fourth-order valence-corrected chi connectivity index (χ4v) is 1.27. The minimum absolute atomic E-state index is 0.0240. The average molecular weight is 225 g/mol. The Morgan fingerprint density at radius 1 is 1.00 bits per heavy atom. The van der Waals surface area contributed by atoms with E-state index >= 15 is 0 Å². The Kier molecular flexibility index (Phi) is 2.47. The molecule has 0 aliphatic carbocycles. The van der Waals surface area contributed by atoms with Gasteiger partial charge in [-0.3, -0.25) is 0 Å². The Bertz CT molecular complexity index is 523. The van der Waals surface area contributed by atoms with Crippen LogP contribution in [0.2, 0.25) is 0 Å². The third-order valence-corrected chi connectivity index (χ3v) is 1.90. The summed E-state index contributed by atoms with van der Waals surface area (Å²) in [5.74, 6) is -2.58. The predicted octanol–water partition coefficient (Wildman–Crippen LogP) is 2.14. The van der Waals surface area contributed by atoms with Gasteiger partial charge in [-0.25, -0.2) is 23.1 Å². The molecule has 1 aromatic heterocycles. The largest absolute Gasteiger partial charge is 0.368 e. The van der Waals surface area contributed by atoms with E-state index in [9.17, 15) is 13.2 Å². The molecule has 0 aliphatic heterocycles. The highest BCUT2D eigenvalue weighted by atomic mass is 19.1. The van der Waals surface area contributed by atoms with E-state index in [0.29, 0.717) is 6.07 Å². The zero-order valence-electron chi connectivity index (χ0n) is 7.92. The van der Waals surface area contributed by atoms with Crippen LogP contribution in [-0.4, -0.2) is 9.97 Å². The summed E-state index contributed by atoms with van der Waals surface area (Å²) in [6, 6.07) is 2.62. The molecule has 16 heavy (non-hydrogen) atoms. The summed E-state index contributed by atoms with van der Waals surface area (Å²) in [5, 5.41) is 0. The number of hydrogen-bond donors (Lipinski definition) is 1. The molecule has 0 saturated carbocycles. The predicted molar refractivity (Wildman–Crippen MR) is 51.8 cm³/mol. The quantitative estimate of drug-likeness (QED) is 0.808. The Morgan fingerprint density at radius 2 is 1.62 bits per heavy atom. The molecule has 0 unspecified atom stereocenters. The van der Waals surface area contributed by atoms with Crippen molar-refractivity contribution < 1.29 is 13.2 Å². The van der Waals surface area contributed by atoms with Crippen molar-refractivity contribution in [3.05, 3.63) is 41.8 Å². The van der Waals surface area contributed by atoms with Crippen LogP contribution in [0.15, 0.2) is 24.4 Å². The zero-order chi connectivity index (χ0) is 11.7. The average Bonchev–Trinajstić information content (AvgIpc) is 2.20. The monoisotopic (exact) mass is 225 g/mol. The van der Waals surface area contributed by atoms with Gasteiger partial charge in [-0.1, -0.05) is 0 Å². The Labute approximate surface area is 88.8 Å². The molecule has 0 radical (unpaired) electrons. The number of hydrogen-bond acceptors (Lipinski definition) is 3. The van der Waals surface area contributed by atoms with Crippen LogP contribution in [0.4, 0.5) is 19.1 Å². The highest BCUT2D eigenvalue weighted by Crippen LogP contribution is 2.22. The van der Waals surface area contributed by atoms with Gasteiger partial charge in [0.1, 0.15) is 17.3 Å². The minimum atomic E-state index is -0.813. The molecule has 2 aromatic rings. The van der Waals surface area contributed by atoms with Gasteiger partial charge in [0.25, 0.3) is 0 Å². The third kappa shape index (κ3) is 1.95. The van der Waals surface area contributed by atoms with E-state index in [2.05, 4.69) is 9.97 Å². The van der Waals surface area contributed by atoms with E-state index < -0.39 is 17.5 Å². The van der Waals surface area contributed by atoms with Crippen LogP contribution in [0.3, 0.4) is 0 Å². The van der Waals surface area contributed by atoms with Gasteiger partial charge in [0, 0.05) is 11.6 Å². The highest BCUT2D eigenvalue weighted by molar-refractivity contribution is 5.60. The maximum Gasteiger partial charge on any atom is 0.220 e. The van der Waals surface area contributed by atoms with Crippen molar-refractivity contribution >= 4 is 5.95 Å². The van der Waals surface area contributed by atoms with E-state index in [1.54, 1.807) is 0 Å². The highest BCUT2D eigenvalue weighted by Gasteiger charge is 2.10. The van der Waals surface area contributed by atoms with Crippen molar-refractivity contribution in [2.75, 3.05) is 5.73 Å². The van der Waals surface area contributed by atoms with Gasteiger partial charge in [-0.15, -0.1) is 0 Å². The lowest BCUT2D eigenvalue weighted by atomic mass is 10.1. The Balaban J connectivity index is 2.62. The molecule has 1 aromatic carbocycles. The first-order valence-electron chi connectivity index (χ1n) is 4.31. The van der Waals surface area contributed by atoms with E-state index in [0.717, 1.165) is 18.3 Å². The first-order chi connectivity index (χ1) is 7.56. The van der Waals surface area contributed by atoms with Gasteiger partial charge >= 0.3 is 0 Å². The third-order valence-electron chi connectivity index (χ3n) is 1.90. The van der Waals surface area contributed by atoms with Gasteiger partial charge in [0.05, 0.1) is 6.20 Å². The van der Waals surface area contributed by atoms with Crippen molar-refractivity contribution in [2.24, 2.45) is 0 Å². The fourth-order valence-electron chi connectivity index (χ4n) is 1.27. The standard InChI is InChI=1S/C10H6F3N3/c11-6-1-5(2-7(12)3-6)9-8(13)4-15-10(14)16-9/h1-4H,(H2,14,15,16). The second kappa shape index (κ2) is 3.80. The molecule has 2 N–H and O–H groups in total. The molecular formula is C10H6F3N3. The number of aromatic nitrogens is 2. The molecule has 0 fully saturated rings. The number of anilines is 1. The van der Waals surface area contributed by atoms with Crippen LogP contribution < -0.4 is 5.73 Å². The summed E-state index contributed by atoms with van der Waals surface area (Å²) in [6.07, 6.45) is 0.848. The van der Waals surface area contributed by atoms with Gasteiger partial charge in [-0.05, 0) is 12.1 Å². The lowest BCUT2D eigenvalue weighted by molar-refractivity contribution is 0.582. The lowest BCUT2D eigenvalue weighted by Gasteiger charge is -2.03. The number of benzene rings is 1. The van der Waals surface area contributed by atoms with Gasteiger partial charge < -0.3 is 5.73 Å². The van der Waals surface area contributed by atoms with Crippen LogP contribution in [0.5, 0.6) is 0 Å². The normalized spacial score (nSPS) is 10.4. The Morgan fingerprint density at radius 3 is 2.25 bits per heavy atom. The van der Waals surface area contributed by atoms with Gasteiger partial charge in [0.2, 0.25) is 5.95 Å². The van der Waals surface area contributed by atoms with E-state index in [1.807, 2.05) is 0 Å². The first kappa shape index (κ1) is 10.4. The van der Waals surface area contributed by atoms with Gasteiger partial charge in [-0.2, -0.15) is 0 Å². The molecular weight excluding hydrogens is 219 g/mol. The van der Waals surface area contributed by atoms with Crippen LogP contribution in [0.25, 0.3) is 11.3 Å².